The standard InChI is InChI=1S/C16H15N/c1-13-2-4-14(5-3-13)6-7-15-8-10-16(12-17)11-9-15/h2,4,6-11H,3,5H2,1H3/b7-6+. The quantitative estimate of drug-likeness (QED) is 0.732. The molecule has 0 aromatic heterocycles. The molecule has 0 fully saturated rings. The first-order valence-corrected chi connectivity index (χ1v) is 5.82. The van der Waals surface area contributed by atoms with Crippen LogP contribution in [0.1, 0.15) is 30.9 Å². The number of nitrogens with zero attached hydrogens (tertiary/aromatic N) is 1. The molecule has 0 saturated heterocycles. The van der Waals surface area contributed by atoms with Crippen LogP contribution in [0.2, 0.25) is 0 Å². The van der Waals surface area contributed by atoms with Crippen LogP contribution in [-0.4, -0.2) is 0 Å². The van der Waals surface area contributed by atoms with Gasteiger partial charge in [0, 0.05) is 0 Å². The first kappa shape index (κ1) is 11.4. The Kier molecular flexibility index (Phi) is 3.57. The van der Waals surface area contributed by atoms with E-state index in [-0.39, 0.29) is 0 Å². The van der Waals surface area contributed by atoms with Gasteiger partial charge in [-0.25, -0.2) is 0 Å². The highest BCUT2D eigenvalue weighted by Crippen LogP contribution is 2.19. The molecule has 0 radical (unpaired) electrons. The van der Waals surface area contributed by atoms with E-state index in [4.69, 9.17) is 5.26 Å². The van der Waals surface area contributed by atoms with Crippen molar-refractivity contribution < 1.29 is 0 Å². The fraction of sp³-hybridized carbons (Fsp3) is 0.188. The summed E-state index contributed by atoms with van der Waals surface area (Å²) >= 11 is 0. The van der Waals surface area contributed by atoms with Gasteiger partial charge in [-0.15, -0.1) is 0 Å². The lowest BCUT2D eigenvalue weighted by Crippen LogP contribution is -1.87. The topological polar surface area (TPSA) is 23.8 Å². The lowest BCUT2D eigenvalue weighted by molar-refractivity contribution is 0.928. The minimum absolute atomic E-state index is 0.706. The maximum absolute atomic E-state index is 8.70. The predicted octanol–water partition coefficient (Wildman–Crippen LogP) is 4.24. The van der Waals surface area contributed by atoms with Crippen molar-refractivity contribution in [2.75, 3.05) is 0 Å². The highest BCUT2D eigenvalue weighted by molar-refractivity contribution is 5.54. The van der Waals surface area contributed by atoms with Crippen LogP contribution >= 0.6 is 0 Å². The Labute approximate surface area is 102 Å². The number of benzene rings is 1. The van der Waals surface area contributed by atoms with Gasteiger partial charge in [0.2, 0.25) is 0 Å². The van der Waals surface area contributed by atoms with Crippen molar-refractivity contribution in [1.82, 2.24) is 0 Å². The van der Waals surface area contributed by atoms with E-state index in [0.29, 0.717) is 5.56 Å². The molecule has 0 bridgehead atoms. The van der Waals surface area contributed by atoms with Crippen LogP contribution in [0.4, 0.5) is 0 Å². The Balaban J connectivity index is 2.08. The lowest BCUT2D eigenvalue weighted by atomic mass is 9.98. The normalized spacial score (nSPS) is 15.3. The summed E-state index contributed by atoms with van der Waals surface area (Å²) in [6, 6.07) is 9.76. The number of rotatable bonds is 2. The molecule has 0 saturated carbocycles. The molecule has 2 rings (SSSR count). The zero-order chi connectivity index (χ0) is 12.1. The highest BCUT2D eigenvalue weighted by atomic mass is 14.2. The van der Waals surface area contributed by atoms with Crippen LogP contribution in [0, 0.1) is 11.3 Å². The summed E-state index contributed by atoms with van der Waals surface area (Å²) in [6.07, 6.45) is 10.9. The summed E-state index contributed by atoms with van der Waals surface area (Å²) in [7, 11) is 0. The van der Waals surface area contributed by atoms with Gasteiger partial charge in [0.15, 0.2) is 0 Å². The van der Waals surface area contributed by atoms with Crippen LogP contribution < -0.4 is 0 Å². The molecule has 1 aliphatic rings. The molecule has 0 amide bonds. The van der Waals surface area contributed by atoms with Crippen LogP contribution in [0.15, 0.2) is 53.6 Å². The lowest BCUT2D eigenvalue weighted by Gasteiger charge is -2.07. The molecule has 1 nitrogen and oxygen atoms in total. The van der Waals surface area contributed by atoms with Gasteiger partial charge in [0.25, 0.3) is 0 Å². The first-order valence-electron chi connectivity index (χ1n) is 5.82. The van der Waals surface area contributed by atoms with E-state index >= 15 is 0 Å². The smallest absolute Gasteiger partial charge is 0.0991 e. The molecular formula is C16H15N. The van der Waals surface area contributed by atoms with Crippen molar-refractivity contribution >= 4 is 6.08 Å². The highest BCUT2D eigenvalue weighted by Gasteiger charge is 1.99. The van der Waals surface area contributed by atoms with Gasteiger partial charge in [0.1, 0.15) is 0 Å². The van der Waals surface area contributed by atoms with Gasteiger partial charge in [-0.1, -0.05) is 42.0 Å². The largest absolute Gasteiger partial charge is 0.192 e. The Morgan fingerprint density at radius 1 is 1.06 bits per heavy atom. The van der Waals surface area contributed by atoms with E-state index in [1.165, 1.54) is 11.1 Å². The molecule has 0 unspecified atom stereocenters. The van der Waals surface area contributed by atoms with Crippen LogP contribution in [0.3, 0.4) is 0 Å². The Hall–Kier alpha value is -2.07. The monoisotopic (exact) mass is 221 g/mol. The number of hydrogen-bond donors (Lipinski definition) is 0. The van der Waals surface area contributed by atoms with E-state index in [9.17, 15) is 0 Å². The molecular weight excluding hydrogens is 206 g/mol. The Morgan fingerprint density at radius 2 is 1.82 bits per heavy atom. The summed E-state index contributed by atoms with van der Waals surface area (Å²) in [5.74, 6) is 0. The molecule has 1 aliphatic carbocycles. The van der Waals surface area contributed by atoms with E-state index < -0.39 is 0 Å². The molecule has 1 heteroatoms. The molecule has 17 heavy (non-hydrogen) atoms. The number of nitriles is 1. The van der Waals surface area contributed by atoms with Crippen molar-refractivity contribution in [3.63, 3.8) is 0 Å². The third kappa shape index (κ3) is 3.19. The maximum atomic E-state index is 8.70. The number of hydrogen-bond acceptors (Lipinski definition) is 1. The van der Waals surface area contributed by atoms with E-state index in [0.717, 1.165) is 18.4 Å². The number of allylic oxidation sites excluding steroid dienone is 5. The molecule has 0 spiro atoms. The van der Waals surface area contributed by atoms with Gasteiger partial charge in [-0.05, 0) is 43.0 Å². The van der Waals surface area contributed by atoms with Gasteiger partial charge in [-0.2, -0.15) is 5.26 Å². The first-order chi connectivity index (χ1) is 8.28. The van der Waals surface area contributed by atoms with Crippen LogP contribution in [0.5, 0.6) is 0 Å². The molecule has 84 valence electrons. The summed E-state index contributed by atoms with van der Waals surface area (Å²) in [4.78, 5) is 0. The van der Waals surface area contributed by atoms with E-state index in [1.54, 1.807) is 0 Å². The Bertz CT molecular complexity index is 522. The third-order valence-electron chi connectivity index (χ3n) is 2.92. The summed E-state index contributed by atoms with van der Waals surface area (Å²) in [5, 5.41) is 8.70. The zero-order valence-electron chi connectivity index (χ0n) is 9.98. The van der Waals surface area contributed by atoms with Crippen molar-refractivity contribution in [1.29, 1.82) is 5.26 Å². The minimum atomic E-state index is 0.706. The second-order valence-corrected chi connectivity index (χ2v) is 4.32. The summed E-state index contributed by atoms with van der Waals surface area (Å²) < 4.78 is 0. The SMILES string of the molecule is CC1=CC=C(/C=C/c2ccc(C#N)cc2)CC1. The summed E-state index contributed by atoms with van der Waals surface area (Å²) in [6.45, 7) is 2.16. The van der Waals surface area contributed by atoms with Crippen molar-refractivity contribution in [2.24, 2.45) is 0 Å². The fourth-order valence-corrected chi connectivity index (χ4v) is 1.77. The van der Waals surface area contributed by atoms with Crippen LogP contribution in [0.25, 0.3) is 6.08 Å². The van der Waals surface area contributed by atoms with Crippen molar-refractivity contribution in [2.45, 2.75) is 19.8 Å². The fourth-order valence-electron chi connectivity index (χ4n) is 1.77. The second-order valence-electron chi connectivity index (χ2n) is 4.32. The molecule has 1 aromatic carbocycles. The average molecular weight is 221 g/mol. The molecule has 0 aliphatic heterocycles. The Morgan fingerprint density at radius 3 is 2.41 bits per heavy atom. The predicted molar refractivity (Wildman–Crippen MR) is 71.3 cm³/mol. The van der Waals surface area contributed by atoms with Crippen molar-refractivity contribution in [3.05, 3.63) is 64.8 Å². The van der Waals surface area contributed by atoms with Gasteiger partial charge in [0.05, 0.1) is 11.6 Å². The van der Waals surface area contributed by atoms with Crippen LogP contribution in [-0.2, 0) is 0 Å². The van der Waals surface area contributed by atoms with E-state index in [1.807, 2.05) is 24.3 Å². The van der Waals surface area contributed by atoms with Gasteiger partial charge in [-0.3, -0.25) is 0 Å². The molecule has 1 aromatic rings. The molecule has 0 N–H and O–H groups in total. The second kappa shape index (κ2) is 5.32. The molecule has 0 heterocycles. The van der Waals surface area contributed by atoms with Gasteiger partial charge < -0.3 is 0 Å². The van der Waals surface area contributed by atoms with E-state index in [2.05, 4.69) is 37.3 Å². The van der Waals surface area contributed by atoms with Gasteiger partial charge >= 0.3 is 0 Å². The average Bonchev–Trinajstić information content (AvgIpc) is 2.39. The minimum Gasteiger partial charge on any atom is -0.192 e. The van der Waals surface area contributed by atoms with Crippen molar-refractivity contribution in [3.8, 4) is 6.07 Å². The zero-order valence-corrected chi connectivity index (χ0v) is 9.98. The third-order valence-corrected chi connectivity index (χ3v) is 2.92. The summed E-state index contributed by atoms with van der Waals surface area (Å²) in [5.41, 5.74) is 4.65. The molecule has 0 atom stereocenters. The maximum Gasteiger partial charge on any atom is 0.0991 e.